The molecule has 1 aliphatic rings. The summed E-state index contributed by atoms with van der Waals surface area (Å²) in [4.78, 5) is 43.7. The number of hydrogen-bond donors (Lipinski definition) is 1. The smallest absolute Gasteiger partial charge is 0.350 e. The third-order valence-electron chi connectivity index (χ3n) is 5.33. The number of anilines is 1. The van der Waals surface area contributed by atoms with Crippen molar-refractivity contribution < 1.29 is 28.6 Å². The second kappa shape index (κ2) is 8.59. The lowest BCUT2D eigenvalue weighted by Gasteiger charge is -2.23. The molecule has 9 heteroatoms. The van der Waals surface area contributed by atoms with E-state index in [2.05, 4.69) is 4.98 Å². The van der Waals surface area contributed by atoms with Gasteiger partial charge in [0.2, 0.25) is 0 Å². The van der Waals surface area contributed by atoms with Crippen molar-refractivity contribution in [2.24, 2.45) is 0 Å². The molecule has 0 bridgehead atoms. The Kier molecular flexibility index (Phi) is 5.82. The van der Waals surface area contributed by atoms with E-state index >= 15 is 0 Å². The molecule has 0 aliphatic carbocycles. The minimum atomic E-state index is -1.27. The number of thiazole rings is 1. The number of Topliss-reactive ketones (excluding diaryl/α,β-unsaturated/α-hetero) is 1. The Morgan fingerprint density at radius 2 is 1.79 bits per heavy atom. The van der Waals surface area contributed by atoms with Gasteiger partial charge < -0.3 is 9.84 Å². The number of benzene rings is 2. The predicted molar refractivity (Wildman–Crippen MR) is 121 cm³/mol. The van der Waals surface area contributed by atoms with Crippen molar-refractivity contribution in [2.75, 3.05) is 12.0 Å². The molecule has 1 aromatic heterocycles. The highest BCUT2D eigenvalue weighted by Gasteiger charge is 2.49. The number of aliphatic hydroxyl groups is 1. The van der Waals surface area contributed by atoms with Crippen molar-refractivity contribution in [1.29, 1.82) is 0 Å². The maximum absolute atomic E-state index is 14.9. The number of halogens is 1. The summed E-state index contributed by atoms with van der Waals surface area (Å²) in [7, 11) is 1.22. The molecule has 2 aromatic carbocycles. The topological polar surface area (TPSA) is 96.8 Å². The zero-order valence-corrected chi connectivity index (χ0v) is 18.8. The molecule has 2 heterocycles. The summed E-state index contributed by atoms with van der Waals surface area (Å²) in [5.41, 5.74) is 1.30. The molecule has 7 nitrogen and oxygen atoms in total. The van der Waals surface area contributed by atoms with Crippen LogP contribution in [0, 0.1) is 19.7 Å². The largest absolute Gasteiger partial charge is 0.507 e. The third-order valence-corrected chi connectivity index (χ3v) is 6.47. The highest BCUT2D eigenvalue weighted by molar-refractivity contribution is 7.17. The molecule has 0 radical (unpaired) electrons. The molecule has 0 saturated carbocycles. The van der Waals surface area contributed by atoms with E-state index in [-0.39, 0.29) is 21.1 Å². The molecule has 1 unspecified atom stereocenters. The number of amides is 1. The zero-order chi connectivity index (χ0) is 23.9. The van der Waals surface area contributed by atoms with Gasteiger partial charge in [0.15, 0.2) is 5.13 Å². The van der Waals surface area contributed by atoms with Crippen LogP contribution in [0.3, 0.4) is 0 Å². The fourth-order valence-corrected chi connectivity index (χ4v) is 4.67. The molecular formula is C24H19FN2O5S. The number of nitrogens with zero attached hydrogens (tertiary/aromatic N) is 2. The zero-order valence-electron chi connectivity index (χ0n) is 18.0. The predicted octanol–water partition coefficient (Wildman–Crippen LogP) is 4.31. The monoisotopic (exact) mass is 466 g/mol. The molecule has 1 N–H and O–H groups in total. The lowest BCUT2D eigenvalue weighted by molar-refractivity contribution is -0.132. The SMILES string of the molecule is COC(=O)c1sc(N2C(=O)C(=O)C(=C(O)c3ccc(C)cc3)C2c2ccccc2F)nc1C. The fourth-order valence-electron chi connectivity index (χ4n) is 3.66. The van der Waals surface area contributed by atoms with E-state index < -0.39 is 35.3 Å². The van der Waals surface area contributed by atoms with Gasteiger partial charge in [0.05, 0.1) is 18.4 Å². The molecule has 0 spiro atoms. The minimum Gasteiger partial charge on any atom is -0.507 e. The first kappa shape index (κ1) is 22.3. The number of carbonyl (C=O) groups excluding carboxylic acids is 3. The van der Waals surface area contributed by atoms with E-state index in [9.17, 15) is 23.9 Å². The van der Waals surface area contributed by atoms with Crippen LogP contribution in [-0.4, -0.2) is 34.9 Å². The summed E-state index contributed by atoms with van der Waals surface area (Å²) >= 11 is 0.852. The van der Waals surface area contributed by atoms with Crippen LogP contribution in [0.25, 0.3) is 5.76 Å². The number of hydrogen-bond acceptors (Lipinski definition) is 7. The number of esters is 1. The van der Waals surface area contributed by atoms with E-state index in [1.165, 1.54) is 25.3 Å². The van der Waals surface area contributed by atoms with Crippen molar-refractivity contribution in [2.45, 2.75) is 19.9 Å². The Bertz CT molecular complexity index is 1310. The Balaban J connectivity index is 1.95. The van der Waals surface area contributed by atoms with Crippen molar-refractivity contribution in [3.8, 4) is 0 Å². The van der Waals surface area contributed by atoms with E-state index in [1.54, 1.807) is 37.3 Å². The Labute approximate surface area is 192 Å². The van der Waals surface area contributed by atoms with Crippen LogP contribution in [-0.2, 0) is 14.3 Å². The van der Waals surface area contributed by atoms with E-state index in [4.69, 9.17) is 4.74 Å². The van der Waals surface area contributed by atoms with Crippen molar-refractivity contribution in [1.82, 2.24) is 4.98 Å². The molecule has 1 atom stereocenters. The normalized spacial score (nSPS) is 17.5. The highest BCUT2D eigenvalue weighted by atomic mass is 32.1. The number of methoxy groups -OCH3 is 1. The van der Waals surface area contributed by atoms with Gasteiger partial charge in [-0.25, -0.2) is 14.2 Å². The van der Waals surface area contributed by atoms with Gasteiger partial charge >= 0.3 is 11.9 Å². The lowest BCUT2D eigenvalue weighted by atomic mass is 9.95. The van der Waals surface area contributed by atoms with Crippen LogP contribution < -0.4 is 4.90 Å². The van der Waals surface area contributed by atoms with Gasteiger partial charge in [0, 0.05) is 11.1 Å². The number of aliphatic hydroxyl groups excluding tert-OH is 1. The fraction of sp³-hybridized carbons (Fsp3) is 0.167. The second-order valence-electron chi connectivity index (χ2n) is 7.46. The van der Waals surface area contributed by atoms with Crippen LogP contribution in [0.5, 0.6) is 0 Å². The lowest BCUT2D eigenvalue weighted by Crippen LogP contribution is -2.29. The molecule has 4 rings (SSSR count). The highest BCUT2D eigenvalue weighted by Crippen LogP contribution is 2.44. The van der Waals surface area contributed by atoms with Gasteiger partial charge in [-0.3, -0.25) is 14.5 Å². The van der Waals surface area contributed by atoms with Crippen molar-refractivity contribution in [3.05, 3.63) is 87.2 Å². The third kappa shape index (κ3) is 3.80. The van der Waals surface area contributed by atoms with Crippen LogP contribution >= 0.6 is 11.3 Å². The van der Waals surface area contributed by atoms with E-state index in [0.29, 0.717) is 11.3 Å². The number of ketones is 1. The minimum absolute atomic E-state index is 0.0119. The number of aryl methyl sites for hydroxylation is 2. The first-order valence-electron chi connectivity index (χ1n) is 9.92. The van der Waals surface area contributed by atoms with Crippen molar-refractivity contribution in [3.63, 3.8) is 0 Å². The first-order valence-corrected chi connectivity index (χ1v) is 10.7. The van der Waals surface area contributed by atoms with Gasteiger partial charge in [-0.1, -0.05) is 59.4 Å². The number of rotatable bonds is 4. The summed E-state index contributed by atoms with van der Waals surface area (Å²) in [6.45, 7) is 3.43. The molecule has 1 fully saturated rings. The number of ether oxygens (including phenoxy) is 1. The van der Waals surface area contributed by atoms with E-state index in [1.807, 2.05) is 6.92 Å². The summed E-state index contributed by atoms with van der Waals surface area (Å²) in [5.74, 6) is -3.69. The van der Waals surface area contributed by atoms with Crippen LogP contribution in [0.15, 0.2) is 54.1 Å². The average molecular weight is 466 g/mol. The van der Waals surface area contributed by atoms with Crippen LogP contribution in [0.4, 0.5) is 9.52 Å². The van der Waals surface area contributed by atoms with Crippen LogP contribution in [0.1, 0.15) is 38.1 Å². The summed E-state index contributed by atoms with van der Waals surface area (Å²) in [5, 5.41) is 11.1. The van der Waals surface area contributed by atoms with Gasteiger partial charge in [0.1, 0.15) is 22.5 Å². The number of carbonyl (C=O) groups is 3. The quantitative estimate of drug-likeness (QED) is 0.266. The molecule has 1 aliphatic heterocycles. The average Bonchev–Trinajstić information content (AvgIpc) is 3.30. The van der Waals surface area contributed by atoms with Gasteiger partial charge in [-0.05, 0) is 19.9 Å². The van der Waals surface area contributed by atoms with Gasteiger partial charge in [-0.2, -0.15) is 0 Å². The maximum Gasteiger partial charge on any atom is 0.350 e. The summed E-state index contributed by atoms with van der Waals surface area (Å²) in [6.07, 6.45) is 0. The Morgan fingerprint density at radius 3 is 2.42 bits per heavy atom. The Morgan fingerprint density at radius 1 is 1.12 bits per heavy atom. The standard InChI is InChI=1S/C24H19FN2O5S/c1-12-8-10-14(11-9-12)19(28)17-18(15-6-4-5-7-16(15)25)27(22(30)20(17)29)24-26-13(2)21(33-24)23(31)32-3/h4-11,18,28H,1-3H3. The molecule has 1 amide bonds. The molecule has 33 heavy (non-hydrogen) atoms. The molecule has 1 saturated heterocycles. The molecular weight excluding hydrogens is 447 g/mol. The van der Waals surface area contributed by atoms with Crippen LogP contribution in [0.2, 0.25) is 0 Å². The molecule has 3 aromatic rings. The van der Waals surface area contributed by atoms with E-state index in [0.717, 1.165) is 21.8 Å². The maximum atomic E-state index is 14.9. The summed E-state index contributed by atoms with van der Waals surface area (Å²) < 4.78 is 19.6. The first-order chi connectivity index (χ1) is 15.7. The Hall–Kier alpha value is -3.85. The van der Waals surface area contributed by atoms with Gasteiger partial charge in [-0.15, -0.1) is 0 Å². The number of aromatic nitrogens is 1. The molecule has 168 valence electrons. The van der Waals surface area contributed by atoms with Gasteiger partial charge in [0.25, 0.3) is 5.78 Å². The second-order valence-corrected chi connectivity index (χ2v) is 8.44. The summed E-state index contributed by atoms with van der Waals surface area (Å²) in [6, 6.07) is 11.1. The van der Waals surface area contributed by atoms with Crippen molar-refractivity contribution >= 4 is 39.9 Å².